The average molecular weight is 287 g/mol. The second kappa shape index (κ2) is 7.07. The molecule has 4 heteroatoms. The summed E-state index contributed by atoms with van der Waals surface area (Å²) in [4.78, 5) is 22.6. The lowest BCUT2D eigenvalue weighted by molar-refractivity contribution is -0.131. The van der Waals surface area contributed by atoms with E-state index < -0.39 is 5.97 Å². The van der Waals surface area contributed by atoms with Crippen LogP contribution in [-0.4, -0.2) is 23.0 Å². The molecule has 112 valence electrons. The van der Waals surface area contributed by atoms with Crippen LogP contribution in [0.5, 0.6) is 0 Å². The van der Waals surface area contributed by atoms with Crippen LogP contribution >= 0.6 is 0 Å². The Morgan fingerprint density at radius 2 is 1.95 bits per heavy atom. The van der Waals surface area contributed by atoms with Gasteiger partial charge in [0, 0.05) is 17.7 Å². The molecule has 1 fully saturated rings. The number of carboxylic acid groups (broad SMARTS) is 1. The Morgan fingerprint density at radius 1 is 1.24 bits per heavy atom. The minimum absolute atomic E-state index is 0.0529. The lowest BCUT2D eigenvalue weighted by Gasteiger charge is -2.27. The zero-order valence-electron chi connectivity index (χ0n) is 12.2. The predicted molar refractivity (Wildman–Crippen MR) is 82.0 cm³/mol. The normalized spacial score (nSPS) is 22.1. The highest BCUT2D eigenvalue weighted by atomic mass is 16.4. The molecule has 1 aromatic carbocycles. The second-order valence-electron chi connectivity index (χ2n) is 5.74. The largest absolute Gasteiger partial charge is 0.478 e. The third-order valence-electron chi connectivity index (χ3n) is 3.86. The van der Waals surface area contributed by atoms with Gasteiger partial charge < -0.3 is 10.4 Å². The Balaban J connectivity index is 1.95. The molecular weight excluding hydrogens is 266 g/mol. The van der Waals surface area contributed by atoms with Crippen LogP contribution in [0.1, 0.15) is 48.5 Å². The Labute approximate surface area is 124 Å². The van der Waals surface area contributed by atoms with E-state index in [4.69, 9.17) is 5.11 Å². The highest BCUT2D eigenvalue weighted by molar-refractivity contribution is 5.94. The molecule has 1 amide bonds. The Morgan fingerprint density at radius 3 is 2.57 bits per heavy atom. The fraction of sp³-hybridized carbons (Fsp3) is 0.412. The van der Waals surface area contributed by atoms with E-state index in [1.807, 2.05) is 0 Å². The van der Waals surface area contributed by atoms with Gasteiger partial charge in [0.15, 0.2) is 0 Å². The summed E-state index contributed by atoms with van der Waals surface area (Å²) in [7, 11) is 0. The van der Waals surface area contributed by atoms with E-state index in [1.165, 1.54) is 18.9 Å². The minimum atomic E-state index is -0.983. The van der Waals surface area contributed by atoms with Crippen LogP contribution < -0.4 is 5.32 Å². The Kier molecular flexibility index (Phi) is 5.14. The first-order valence-corrected chi connectivity index (χ1v) is 7.36. The molecule has 2 rings (SSSR count). The van der Waals surface area contributed by atoms with Crippen molar-refractivity contribution in [2.45, 2.75) is 38.6 Å². The van der Waals surface area contributed by atoms with Crippen LogP contribution in [0.4, 0.5) is 0 Å². The lowest BCUT2D eigenvalue weighted by atomic mass is 9.87. The van der Waals surface area contributed by atoms with Gasteiger partial charge in [-0.05, 0) is 42.5 Å². The van der Waals surface area contributed by atoms with Crippen molar-refractivity contribution in [3.63, 3.8) is 0 Å². The molecule has 0 aromatic heterocycles. The highest BCUT2D eigenvalue weighted by Gasteiger charge is 2.20. The standard InChI is InChI=1S/C17H21NO3/c1-12-3-2-4-15(11-12)18-17(21)14-8-5-13(6-9-14)7-10-16(19)20/h5-10,12,15H,2-4,11H2,1H3,(H,18,21)(H,19,20). The molecule has 0 spiro atoms. The number of aliphatic carboxylic acids is 1. The number of carboxylic acids is 1. The summed E-state index contributed by atoms with van der Waals surface area (Å²) in [6, 6.07) is 7.22. The summed E-state index contributed by atoms with van der Waals surface area (Å²) < 4.78 is 0. The van der Waals surface area contributed by atoms with Gasteiger partial charge in [-0.2, -0.15) is 0 Å². The summed E-state index contributed by atoms with van der Waals surface area (Å²) >= 11 is 0. The smallest absolute Gasteiger partial charge is 0.328 e. The van der Waals surface area contributed by atoms with Gasteiger partial charge in [0.05, 0.1) is 0 Å². The van der Waals surface area contributed by atoms with E-state index in [2.05, 4.69) is 12.2 Å². The first-order chi connectivity index (χ1) is 10.0. The first kappa shape index (κ1) is 15.3. The molecule has 2 atom stereocenters. The van der Waals surface area contributed by atoms with Gasteiger partial charge >= 0.3 is 5.97 Å². The summed E-state index contributed by atoms with van der Waals surface area (Å²) in [5.41, 5.74) is 1.38. The van der Waals surface area contributed by atoms with Gasteiger partial charge in [-0.15, -0.1) is 0 Å². The third-order valence-corrected chi connectivity index (χ3v) is 3.86. The average Bonchev–Trinajstić information content (AvgIpc) is 2.45. The number of rotatable bonds is 4. The van der Waals surface area contributed by atoms with Crippen LogP contribution in [0.3, 0.4) is 0 Å². The van der Waals surface area contributed by atoms with Crippen molar-refractivity contribution in [3.05, 3.63) is 41.5 Å². The molecule has 0 aliphatic heterocycles. The zero-order valence-corrected chi connectivity index (χ0v) is 12.2. The first-order valence-electron chi connectivity index (χ1n) is 7.36. The highest BCUT2D eigenvalue weighted by Crippen LogP contribution is 2.23. The molecule has 1 aromatic rings. The monoisotopic (exact) mass is 287 g/mol. The van der Waals surface area contributed by atoms with Gasteiger partial charge in [-0.3, -0.25) is 4.79 Å². The number of carbonyl (C=O) groups excluding carboxylic acids is 1. The number of nitrogens with one attached hydrogen (secondary N) is 1. The van der Waals surface area contributed by atoms with Crippen molar-refractivity contribution in [2.24, 2.45) is 5.92 Å². The number of carbonyl (C=O) groups is 2. The third kappa shape index (κ3) is 4.74. The SMILES string of the molecule is CC1CCCC(NC(=O)c2ccc(C=CC(=O)O)cc2)C1. The van der Waals surface area contributed by atoms with Crippen LogP contribution in [0.15, 0.2) is 30.3 Å². The van der Waals surface area contributed by atoms with Crippen molar-refractivity contribution >= 4 is 18.0 Å². The van der Waals surface area contributed by atoms with Gasteiger partial charge in [-0.1, -0.05) is 31.9 Å². The molecule has 1 aliphatic rings. The number of amides is 1. The van der Waals surface area contributed by atoms with Crippen LogP contribution in [0, 0.1) is 5.92 Å². The molecular formula is C17H21NO3. The molecule has 1 saturated carbocycles. The number of hydrogen-bond acceptors (Lipinski definition) is 2. The minimum Gasteiger partial charge on any atom is -0.478 e. The van der Waals surface area contributed by atoms with Crippen molar-refractivity contribution in [2.75, 3.05) is 0 Å². The fourth-order valence-electron chi connectivity index (χ4n) is 2.75. The number of benzene rings is 1. The molecule has 1 aliphatic carbocycles. The van der Waals surface area contributed by atoms with Crippen LogP contribution in [0.25, 0.3) is 6.08 Å². The van der Waals surface area contributed by atoms with E-state index in [1.54, 1.807) is 24.3 Å². The summed E-state index contributed by atoms with van der Waals surface area (Å²) in [5.74, 6) is -0.362. The fourth-order valence-corrected chi connectivity index (χ4v) is 2.75. The number of hydrogen-bond donors (Lipinski definition) is 2. The lowest BCUT2D eigenvalue weighted by Crippen LogP contribution is -2.37. The molecule has 2 N–H and O–H groups in total. The molecule has 4 nitrogen and oxygen atoms in total. The Bertz CT molecular complexity index is 533. The van der Waals surface area contributed by atoms with Crippen LogP contribution in [0.2, 0.25) is 0 Å². The molecule has 0 bridgehead atoms. The van der Waals surface area contributed by atoms with E-state index in [9.17, 15) is 9.59 Å². The van der Waals surface area contributed by atoms with Crippen molar-refractivity contribution < 1.29 is 14.7 Å². The molecule has 0 saturated heterocycles. The van der Waals surface area contributed by atoms with Gasteiger partial charge in [0.25, 0.3) is 5.91 Å². The van der Waals surface area contributed by atoms with E-state index in [0.717, 1.165) is 24.5 Å². The summed E-state index contributed by atoms with van der Waals surface area (Å²) in [6.07, 6.45) is 7.11. The second-order valence-corrected chi connectivity index (χ2v) is 5.74. The van der Waals surface area contributed by atoms with E-state index >= 15 is 0 Å². The summed E-state index contributed by atoms with van der Waals surface area (Å²) in [5, 5.41) is 11.7. The van der Waals surface area contributed by atoms with Crippen molar-refractivity contribution in [1.29, 1.82) is 0 Å². The molecule has 0 radical (unpaired) electrons. The quantitative estimate of drug-likeness (QED) is 0.836. The molecule has 21 heavy (non-hydrogen) atoms. The maximum atomic E-state index is 12.2. The van der Waals surface area contributed by atoms with Gasteiger partial charge in [0.2, 0.25) is 0 Å². The molecule has 0 heterocycles. The molecule has 2 unspecified atom stereocenters. The van der Waals surface area contributed by atoms with E-state index in [-0.39, 0.29) is 11.9 Å². The van der Waals surface area contributed by atoms with Crippen LogP contribution in [-0.2, 0) is 4.79 Å². The van der Waals surface area contributed by atoms with Gasteiger partial charge in [0.1, 0.15) is 0 Å². The predicted octanol–water partition coefficient (Wildman–Crippen LogP) is 3.09. The maximum Gasteiger partial charge on any atom is 0.328 e. The summed E-state index contributed by atoms with van der Waals surface area (Å²) in [6.45, 7) is 2.22. The topological polar surface area (TPSA) is 66.4 Å². The van der Waals surface area contributed by atoms with Crippen molar-refractivity contribution in [3.8, 4) is 0 Å². The maximum absolute atomic E-state index is 12.2. The van der Waals surface area contributed by atoms with Gasteiger partial charge in [-0.25, -0.2) is 4.79 Å². The Hall–Kier alpha value is -2.10. The van der Waals surface area contributed by atoms with Crippen molar-refractivity contribution in [1.82, 2.24) is 5.32 Å². The van der Waals surface area contributed by atoms with E-state index in [0.29, 0.717) is 11.5 Å². The zero-order chi connectivity index (χ0) is 15.2.